The van der Waals surface area contributed by atoms with Gasteiger partial charge in [0, 0.05) is 11.8 Å². The van der Waals surface area contributed by atoms with Gasteiger partial charge in [0.25, 0.3) is 5.56 Å². The van der Waals surface area contributed by atoms with Crippen LogP contribution in [-0.2, 0) is 12.8 Å². The van der Waals surface area contributed by atoms with Gasteiger partial charge >= 0.3 is 0 Å². The minimum Gasteiger partial charge on any atom is -0.329 e. The molecule has 1 aliphatic rings. The molecule has 1 aliphatic carbocycles. The second-order valence-corrected chi connectivity index (χ2v) is 3.84. The van der Waals surface area contributed by atoms with E-state index in [1.165, 1.54) is 0 Å². The zero-order valence-electron chi connectivity index (χ0n) is 7.42. The highest BCUT2D eigenvalue weighted by Gasteiger charge is 2.34. The van der Waals surface area contributed by atoms with Crippen LogP contribution in [0.5, 0.6) is 0 Å². The van der Waals surface area contributed by atoms with Crippen molar-refractivity contribution in [3.05, 3.63) is 33.7 Å². The molecule has 0 aromatic carbocycles. The minimum absolute atomic E-state index is 0.0449. The number of nitrogens with zero attached hydrogens (tertiary/aromatic N) is 1. The van der Waals surface area contributed by atoms with Gasteiger partial charge in [0.2, 0.25) is 0 Å². The van der Waals surface area contributed by atoms with Crippen LogP contribution in [0.1, 0.15) is 18.1 Å². The van der Waals surface area contributed by atoms with Crippen molar-refractivity contribution in [3.63, 3.8) is 0 Å². The second-order valence-electron chi connectivity index (χ2n) is 3.84. The van der Waals surface area contributed by atoms with E-state index in [1.54, 1.807) is 6.20 Å². The lowest BCUT2D eigenvalue weighted by Gasteiger charge is -2.10. The first-order chi connectivity index (χ1) is 6.14. The summed E-state index contributed by atoms with van der Waals surface area (Å²) in [5.41, 5.74) is 1.38. The molecule has 0 saturated heterocycles. The van der Waals surface area contributed by atoms with Crippen LogP contribution in [0.4, 0.5) is 0 Å². The summed E-state index contributed by atoms with van der Waals surface area (Å²) in [5.74, 6) is 0. The summed E-state index contributed by atoms with van der Waals surface area (Å²) in [6, 6.07) is 4.15. The summed E-state index contributed by atoms with van der Waals surface area (Å²) in [7, 11) is 0. The van der Waals surface area contributed by atoms with Gasteiger partial charge in [-0.3, -0.25) is 4.79 Å². The number of rotatable bonds is 0. The van der Waals surface area contributed by atoms with Gasteiger partial charge < -0.3 is 4.98 Å². The Morgan fingerprint density at radius 3 is 3.00 bits per heavy atom. The fraction of sp³-hybridized carbons (Fsp3) is 0.400. The number of pyridine rings is 1. The minimum atomic E-state index is -0.378. The number of aromatic amines is 1. The van der Waals surface area contributed by atoms with E-state index in [9.17, 15) is 4.79 Å². The first kappa shape index (κ1) is 8.06. The molecule has 0 spiro atoms. The van der Waals surface area contributed by atoms with Gasteiger partial charge in [0.05, 0.1) is 11.5 Å². The third-order valence-electron chi connectivity index (χ3n) is 2.58. The van der Waals surface area contributed by atoms with Crippen LogP contribution in [0.15, 0.2) is 17.1 Å². The van der Waals surface area contributed by atoms with Crippen molar-refractivity contribution in [3.8, 4) is 6.07 Å². The van der Waals surface area contributed by atoms with Crippen LogP contribution in [0.3, 0.4) is 0 Å². The monoisotopic (exact) mass is 174 g/mol. The number of nitrogens with one attached hydrogen (secondary N) is 1. The zero-order valence-corrected chi connectivity index (χ0v) is 7.42. The highest BCUT2D eigenvalue weighted by Crippen LogP contribution is 2.33. The van der Waals surface area contributed by atoms with Gasteiger partial charge in [0.1, 0.15) is 0 Å². The zero-order chi connectivity index (χ0) is 9.47. The quantitative estimate of drug-likeness (QED) is 0.638. The van der Waals surface area contributed by atoms with Crippen molar-refractivity contribution in [1.82, 2.24) is 4.98 Å². The predicted molar refractivity (Wildman–Crippen MR) is 48.2 cm³/mol. The summed E-state index contributed by atoms with van der Waals surface area (Å²) in [4.78, 5) is 14.0. The van der Waals surface area contributed by atoms with Crippen molar-refractivity contribution in [2.45, 2.75) is 19.8 Å². The predicted octanol–water partition coefficient (Wildman–Crippen LogP) is 1.00. The topological polar surface area (TPSA) is 56.6 Å². The fourth-order valence-corrected chi connectivity index (χ4v) is 1.86. The Balaban J connectivity index is 2.54. The number of aromatic nitrogens is 1. The number of nitriles is 1. The lowest BCUT2D eigenvalue weighted by molar-refractivity contribution is 0.473. The molecule has 3 nitrogen and oxygen atoms in total. The SMILES string of the molecule is CC1(C#N)Cc2cc[nH]c(=O)c2C1. The maximum Gasteiger partial charge on any atom is 0.251 e. The molecule has 1 aromatic rings. The summed E-state index contributed by atoms with van der Waals surface area (Å²) < 4.78 is 0. The summed E-state index contributed by atoms with van der Waals surface area (Å²) in [6.07, 6.45) is 2.92. The molecule has 0 saturated carbocycles. The number of hydrogen-bond donors (Lipinski definition) is 1. The standard InChI is InChI=1S/C10H10N2O/c1-10(6-11)4-7-2-3-12-9(13)8(7)5-10/h2-3H,4-5H2,1H3,(H,12,13). The van der Waals surface area contributed by atoms with Crippen molar-refractivity contribution >= 4 is 0 Å². The van der Waals surface area contributed by atoms with E-state index in [-0.39, 0.29) is 11.0 Å². The summed E-state index contributed by atoms with van der Waals surface area (Å²) >= 11 is 0. The first-order valence-corrected chi connectivity index (χ1v) is 4.25. The molecule has 1 heterocycles. The Morgan fingerprint density at radius 2 is 2.38 bits per heavy atom. The van der Waals surface area contributed by atoms with Crippen molar-refractivity contribution in [2.24, 2.45) is 5.41 Å². The normalized spacial score (nSPS) is 25.2. The van der Waals surface area contributed by atoms with E-state index in [4.69, 9.17) is 5.26 Å². The van der Waals surface area contributed by atoms with Gasteiger partial charge in [-0.15, -0.1) is 0 Å². The van der Waals surface area contributed by atoms with Crippen molar-refractivity contribution in [2.75, 3.05) is 0 Å². The Morgan fingerprint density at radius 1 is 1.62 bits per heavy atom. The Bertz CT molecular complexity index is 441. The van der Waals surface area contributed by atoms with Gasteiger partial charge in [-0.05, 0) is 31.4 Å². The fourth-order valence-electron chi connectivity index (χ4n) is 1.86. The molecule has 0 amide bonds. The molecular weight excluding hydrogens is 164 g/mol. The maximum atomic E-state index is 11.3. The Hall–Kier alpha value is -1.56. The molecule has 2 rings (SSSR count). The summed E-state index contributed by atoms with van der Waals surface area (Å²) in [5, 5.41) is 8.93. The molecule has 0 fully saturated rings. The van der Waals surface area contributed by atoms with E-state index in [1.807, 2.05) is 13.0 Å². The molecule has 0 aliphatic heterocycles. The van der Waals surface area contributed by atoms with Gasteiger partial charge in [-0.2, -0.15) is 5.26 Å². The maximum absolute atomic E-state index is 11.3. The first-order valence-electron chi connectivity index (χ1n) is 4.25. The van der Waals surface area contributed by atoms with Crippen LogP contribution in [-0.4, -0.2) is 4.98 Å². The largest absolute Gasteiger partial charge is 0.329 e. The molecule has 3 heteroatoms. The smallest absolute Gasteiger partial charge is 0.251 e. The Kier molecular flexibility index (Phi) is 1.53. The molecule has 13 heavy (non-hydrogen) atoms. The average Bonchev–Trinajstić information content (AvgIpc) is 2.45. The van der Waals surface area contributed by atoms with E-state index >= 15 is 0 Å². The summed E-state index contributed by atoms with van der Waals surface area (Å²) in [6.45, 7) is 1.90. The van der Waals surface area contributed by atoms with Crippen LogP contribution in [0, 0.1) is 16.7 Å². The molecule has 1 N–H and O–H groups in total. The number of H-pyrrole nitrogens is 1. The van der Waals surface area contributed by atoms with E-state index in [2.05, 4.69) is 11.1 Å². The van der Waals surface area contributed by atoms with Crippen LogP contribution < -0.4 is 5.56 Å². The van der Waals surface area contributed by atoms with Crippen LogP contribution >= 0.6 is 0 Å². The second kappa shape index (κ2) is 2.46. The lowest BCUT2D eigenvalue weighted by Crippen LogP contribution is -2.15. The number of hydrogen-bond acceptors (Lipinski definition) is 2. The highest BCUT2D eigenvalue weighted by molar-refractivity contribution is 5.34. The van der Waals surface area contributed by atoms with E-state index in [0.717, 1.165) is 11.1 Å². The Labute approximate surface area is 76.0 Å². The van der Waals surface area contributed by atoms with Gasteiger partial charge in [0.15, 0.2) is 0 Å². The number of fused-ring (bicyclic) bond motifs is 1. The van der Waals surface area contributed by atoms with E-state index < -0.39 is 0 Å². The van der Waals surface area contributed by atoms with Crippen molar-refractivity contribution < 1.29 is 0 Å². The third kappa shape index (κ3) is 1.15. The third-order valence-corrected chi connectivity index (χ3v) is 2.58. The molecule has 1 atom stereocenters. The molecular formula is C10H10N2O. The molecule has 0 radical (unpaired) electrons. The molecule has 1 unspecified atom stereocenters. The lowest BCUT2D eigenvalue weighted by atomic mass is 9.89. The van der Waals surface area contributed by atoms with Crippen LogP contribution in [0.2, 0.25) is 0 Å². The average molecular weight is 174 g/mol. The molecule has 66 valence electrons. The van der Waals surface area contributed by atoms with Crippen LogP contribution in [0.25, 0.3) is 0 Å². The van der Waals surface area contributed by atoms with E-state index in [0.29, 0.717) is 12.8 Å². The molecule has 1 aromatic heterocycles. The van der Waals surface area contributed by atoms with Gasteiger partial charge in [-0.1, -0.05) is 0 Å². The highest BCUT2D eigenvalue weighted by atomic mass is 16.1. The van der Waals surface area contributed by atoms with Gasteiger partial charge in [-0.25, -0.2) is 0 Å². The molecule has 0 bridgehead atoms. The van der Waals surface area contributed by atoms with Crippen molar-refractivity contribution in [1.29, 1.82) is 5.26 Å².